The van der Waals surface area contributed by atoms with E-state index in [9.17, 15) is 9.59 Å². The molecule has 0 saturated carbocycles. The summed E-state index contributed by atoms with van der Waals surface area (Å²) in [5.74, 6) is -0.538. The normalized spacial score (nSPS) is 15.4. The fourth-order valence-corrected chi connectivity index (χ4v) is 4.94. The number of hydrogen-bond acceptors (Lipinski definition) is 8. The smallest absolute Gasteiger partial charge is 0.278 e. The third-order valence-electron chi connectivity index (χ3n) is 7.11. The first kappa shape index (κ1) is 25.3. The van der Waals surface area contributed by atoms with Gasteiger partial charge in [0.05, 0.1) is 59.1 Å². The van der Waals surface area contributed by atoms with Crippen LogP contribution in [-0.2, 0) is 4.79 Å². The van der Waals surface area contributed by atoms with Crippen LogP contribution in [0.15, 0.2) is 67.4 Å². The molecule has 2 N–H and O–H groups in total. The Bertz CT molecular complexity index is 1690. The van der Waals surface area contributed by atoms with Crippen LogP contribution in [0.2, 0.25) is 0 Å². The molecule has 6 heterocycles. The highest BCUT2D eigenvalue weighted by Crippen LogP contribution is 2.24. The number of nitrogens with one attached hydrogen (secondary N) is 2. The van der Waals surface area contributed by atoms with Crippen LogP contribution < -0.4 is 10.6 Å². The van der Waals surface area contributed by atoms with Crippen molar-refractivity contribution in [3.05, 3.63) is 78.8 Å². The molecule has 1 atom stereocenters. The molecule has 12 heteroatoms. The summed E-state index contributed by atoms with van der Waals surface area (Å²) in [7, 11) is 0. The van der Waals surface area contributed by atoms with E-state index in [1.165, 1.54) is 0 Å². The summed E-state index contributed by atoms with van der Waals surface area (Å²) in [6.07, 6.45) is 10.7. The minimum Gasteiger partial charge on any atom is -0.324 e. The van der Waals surface area contributed by atoms with E-state index < -0.39 is 5.91 Å². The second kappa shape index (κ2) is 10.7. The summed E-state index contributed by atoms with van der Waals surface area (Å²) < 4.78 is 3.35. The molecule has 0 radical (unpaired) electrons. The molecule has 0 aromatic carbocycles. The number of carbonyl (C=O) groups excluding carboxylic acids is 2. The maximum Gasteiger partial charge on any atom is 0.278 e. The first-order chi connectivity index (χ1) is 19.5. The average molecular weight is 537 g/mol. The second-order valence-corrected chi connectivity index (χ2v) is 9.85. The Morgan fingerprint density at radius 3 is 2.80 bits per heavy atom. The van der Waals surface area contributed by atoms with Gasteiger partial charge in [-0.15, -0.1) is 5.10 Å². The molecule has 2 amide bonds. The molecule has 0 spiro atoms. The van der Waals surface area contributed by atoms with Crippen molar-refractivity contribution < 1.29 is 9.59 Å². The Morgan fingerprint density at radius 1 is 1.10 bits per heavy atom. The molecule has 5 aromatic heterocycles. The minimum atomic E-state index is -0.428. The van der Waals surface area contributed by atoms with E-state index in [2.05, 4.69) is 47.8 Å². The van der Waals surface area contributed by atoms with Gasteiger partial charge in [-0.3, -0.25) is 24.5 Å². The van der Waals surface area contributed by atoms with Gasteiger partial charge in [-0.1, -0.05) is 5.21 Å². The van der Waals surface area contributed by atoms with Crippen molar-refractivity contribution in [2.75, 3.05) is 23.7 Å². The molecule has 12 nitrogen and oxygen atoms in total. The van der Waals surface area contributed by atoms with Crippen LogP contribution in [0, 0.1) is 6.92 Å². The monoisotopic (exact) mass is 536 g/mol. The van der Waals surface area contributed by atoms with Crippen LogP contribution in [0.5, 0.6) is 0 Å². The third-order valence-corrected chi connectivity index (χ3v) is 7.11. The Kier molecular flexibility index (Phi) is 6.74. The minimum absolute atomic E-state index is 0.110. The van der Waals surface area contributed by atoms with Crippen molar-refractivity contribution in [2.45, 2.75) is 32.7 Å². The largest absolute Gasteiger partial charge is 0.324 e. The van der Waals surface area contributed by atoms with E-state index in [4.69, 9.17) is 0 Å². The zero-order valence-electron chi connectivity index (χ0n) is 22.2. The number of likely N-dealkylation sites (tertiary alicyclic amines) is 1. The number of anilines is 2. The molecular weight excluding hydrogens is 508 g/mol. The van der Waals surface area contributed by atoms with Gasteiger partial charge in [0.15, 0.2) is 5.69 Å². The van der Waals surface area contributed by atoms with Gasteiger partial charge in [-0.05, 0) is 69.6 Å². The summed E-state index contributed by atoms with van der Waals surface area (Å²) in [5.41, 5.74) is 4.84. The number of rotatable bonds is 7. The molecule has 1 fully saturated rings. The van der Waals surface area contributed by atoms with Crippen molar-refractivity contribution in [1.29, 1.82) is 0 Å². The number of aryl methyl sites for hydroxylation is 1. The van der Waals surface area contributed by atoms with Crippen molar-refractivity contribution in [3.8, 4) is 16.9 Å². The Balaban J connectivity index is 1.19. The van der Waals surface area contributed by atoms with Crippen molar-refractivity contribution in [3.63, 3.8) is 0 Å². The summed E-state index contributed by atoms with van der Waals surface area (Å²) >= 11 is 0. The van der Waals surface area contributed by atoms with Crippen LogP contribution in [0.4, 0.5) is 11.4 Å². The number of aromatic nitrogens is 7. The maximum absolute atomic E-state index is 13.2. The molecule has 40 heavy (non-hydrogen) atoms. The van der Waals surface area contributed by atoms with E-state index in [-0.39, 0.29) is 11.6 Å². The number of fused-ring (bicyclic) bond motifs is 1. The lowest BCUT2D eigenvalue weighted by Gasteiger charge is -2.20. The number of pyridine rings is 3. The Labute approximate surface area is 230 Å². The highest BCUT2D eigenvalue weighted by Gasteiger charge is 2.23. The topological polar surface area (TPSA) is 135 Å². The molecule has 0 aliphatic carbocycles. The van der Waals surface area contributed by atoms with Gasteiger partial charge in [-0.2, -0.15) is 5.10 Å². The highest BCUT2D eigenvalue weighted by atomic mass is 16.2. The van der Waals surface area contributed by atoms with Crippen molar-refractivity contribution in [2.24, 2.45) is 0 Å². The summed E-state index contributed by atoms with van der Waals surface area (Å²) in [6.45, 7) is 5.17. The number of amides is 2. The molecule has 1 aliphatic rings. The molecule has 1 saturated heterocycles. The van der Waals surface area contributed by atoms with E-state index in [0.717, 1.165) is 36.3 Å². The lowest BCUT2D eigenvalue weighted by Crippen LogP contribution is -2.35. The Morgan fingerprint density at radius 2 is 2.00 bits per heavy atom. The highest BCUT2D eigenvalue weighted by molar-refractivity contribution is 6.08. The van der Waals surface area contributed by atoms with Gasteiger partial charge in [0.1, 0.15) is 0 Å². The Hall–Kier alpha value is -4.97. The first-order valence-corrected chi connectivity index (χ1v) is 13.1. The van der Waals surface area contributed by atoms with E-state index in [0.29, 0.717) is 35.2 Å². The first-order valence-electron chi connectivity index (χ1n) is 13.1. The molecule has 0 unspecified atom stereocenters. The summed E-state index contributed by atoms with van der Waals surface area (Å²) in [5, 5.41) is 18.5. The van der Waals surface area contributed by atoms with Gasteiger partial charge in [0, 0.05) is 24.0 Å². The zero-order valence-corrected chi connectivity index (χ0v) is 22.2. The summed E-state index contributed by atoms with van der Waals surface area (Å²) in [4.78, 5) is 36.5. The van der Waals surface area contributed by atoms with E-state index >= 15 is 0 Å². The van der Waals surface area contributed by atoms with E-state index in [1.807, 2.05) is 24.3 Å². The van der Waals surface area contributed by atoms with E-state index in [1.54, 1.807) is 59.2 Å². The predicted molar refractivity (Wildman–Crippen MR) is 149 cm³/mol. The third kappa shape index (κ3) is 5.04. The van der Waals surface area contributed by atoms with Gasteiger partial charge < -0.3 is 10.6 Å². The second-order valence-electron chi connectivity index (χ2n) is 9.85. The average Bonchev–Trinajstić information content (AvgIpc) is 3.71. The van der Waals surface area contributed by atoms with Gasteiger partial charge >= 0.3 is 0 Å². The van der Waals surface area contributed by atoms with Crippen LogP contribution in [0.3, 0.4) is 0 Å². The number of nitrogens with zero attached hydrogens (tertiary/aromatic N) is 8. The molecule has 0 bridgehead atoms. The van der Waals surface area contributed by atoms with Crippen LogP contribution >= 0.6 is 0 Å². The number of carbonyl (C=O) groups is 2. The molecule has 6 rings (SSSR count). The predicted octanol–water partition coefficient (Wildman–Crippen LogP) is 3.36. The quantitative estimate of drug-likeness (QED) is 0.323. The maximum atomic E-state index is 13.2. The molecule has 5 aromatic rings. The lowest BCUT2D eigenvalue weighted by molar-refractivity contribution is -0.117. The van der Waals surface area contributed by atoms with Crippen LogP contribution in [-0.4, -0.2) is 70.4 Å². The van der Waals surface area contributed by atoms with Crippen molar-refractivity contribution >= 4 is 28.7 Å². The fraction of sp³-hybridized carbons (Fsp3) is 0.250. The van der Waals surface area contributed by atoms with Crippen LogP contribution in [0.1, 0.15) is 35.9 Å². The summed E-state index contributed by atoms with van der Waals surface area (Å²) in [6, 6.07) is 11.5. The van der Waals surface area contributed by atoms with Crippen molar-refractivity contribution in [1.82, 2.24) is 39.5 Å². The van der Waals surface area contributed by atoms with Gasteiger partial charge in [0.25, 0.3) is 5.91 Å². The molecule has 1 aliphatic heterocycles. The molecule has 202 valence electrons. The fourth-order valence-electron chi connectivity index (χ4n) is 4.94. The lowest BCUT2D eigenvalue weighted by atomic mass is 10.2. The standard InChI is InChI=1S/C28H28N10O2/c1-18-5-4-12-36(18)17-26(39)32-21-13-23(19(2)30-14-21)33-28(40)27-25-8-7-20(16-37(25)35-34-27)24-9-11-31-38(24)22-6-3-10-29-15-22/h3,6-11,13-16,18H,4-5,12,17H2,1-2H3,(H,32,39)(H,33,40)/t18-/m0/s1. The zero-order chi connectivity index (χ0) is 27.6. The van der Waals surface area contributed by atoms with Gasteiger partial charge in [0.2, 0.25) is 5.91 Å². The number of hydrogen-bond donors (Lipinski definition) is 2. The SMILES string of the molecule is Cc1ncc(NC(=O)CN2CCC[C@@H]2C)cc1NC(=O)c1nnn2cc(-c3ccnn3-c3cccnc3)ccc12. The van der Waals surface area contributed by atoms with Crippen LogP contribution in [0.25, 0.3) is 22.5 Å². The molecular formula is C28H28N10O2. The van der Waals surface area contributed by atoms with Gasteiger partial charge in [-0.25, -0.2) is 9.20 Å².